The van der Waals surface area contributed by atoms with E-state index >= 15 is 0 Å². The smallest absolute Gasteiger partial charge is 0.285 e. The summed E-state index contributed by atoms with van der Waals surface area (Å²) in [5.74, 6) is -0.623. The molecule has 0 aliphatic carbocycles. The summed E-state index contributed by atoms with van der Waals surface area (Å²) in [6.45, 7) is 0. The van der Waals surface area contributed by atoms with Crippen molar-refractivity contribution < 1.29 is 9.59 Å². The van der Waals surface area contributed by atoms with E-state index in [9.17, 15) is 9.59 Å². The Bertz CT molecular complexity index is 1050. The van der Waals surface area contributed by atoms with Crippen LogP contribution in [0.25, 0.3) is 6.08 Å². The summed E-state index contributed by atoms with van der Waals surface area (Å²) < 4.78 is 0. The summed E-state index contributed by atoms with van der Waals surface area (Å²) in [6, 6.07) is 22.1. The number of carbonyl (C=O) groups excluding carboxylic acids is 2. The maximum atomic E-state index is 13.0. The molecule has 3 aromatic rings. The lowest BCUT2D eigenvalue weighted by molar-refractivity contribution is -0.114. The van der Waals surface area contributed by atoms with Gasteiger partial charge in [-0.05, 0) is 41.8 Å². The topological polar surface area (TPSA) is 61.8 Å². The van der Waals surface area contributed by atoms with Gasteiger partial charge in [-0.25, -0.2) is 0 Å². The molecule has 0 atom stereocenters. The number of benzene rings is 2. The highest BCUT2D eigenvalue weighted by atomic mass is 32.2. The van der Waals surface area contributed by atoms with Crippen LogP contribution in [-0.2, 0) is 9.59 Å². The Hall–Kier alpha value is -3.16. The molecule has 0 unspecified atom stereocenters. The van der Waals surface area contributed by atoms with E-state index in [1.165, 1.54) is 16.3 Å². The van der Waals surface area contributed by atoms with Crippen LogP contribution < -0.4 is 10.3 Å². The zero-order chi connectivity index (χ0) is 19.3. The molecule has 138 valence electrons. The van der Waals surface area contributed by atoms with Gasteiger partial charge in [-0.1, -0.05) is 54.2 Å². The molecule has 4 rings (SSSR count). The monoisotopic (exact) mass is 405 g/mol. The maximum Gasteiger partial charge on any atom is 0.285 e. The zero-order valence-electron chi connectivity index (χ0n) is 14.6. The highest BCUT2D eigenvalue weighted by Gasteiger charge is 2.31. The van der Waals surface area contributed by atoms with E-state index in [0.29, 0.717) is 16.3 Å². The van der Waals surface area contributed by atoms with Crippen LogP contribution in [0.2, 0.25) is 0 Å². The molecule has 0 bridgehead atoms. The number of para-hydroxylation sites is 2. The number of nitrogens with one attached hydrogen (secondary N) is 1. The fraction of sp³-hybridized carbons (Fsp3) is 0. The largest absolute Gasteiger partial charge is 0.320 e. The molecule has 28 heavy (non-hydrogen) atoms. The highest BCUT2D eigenvalue weighted by molar-refractivity contribution is 8.19. The van der Waals surface area contributed by atoms with Crippen LogP contribution in [0.5, 0.6) is 0 Å². The number of thioether (sulfide) groups is 1. The van der Waals surface area contributed by atoms with Crippen molar-refractivity contribution in [3.05, 3.63) is 88.0 Å². The molecule has 2 amide bonds. The van der Waals surface area contributed by atoms with Gasteiger partial charge in [-0.15, -0.1) is 11.3 Å². The minimum absolute atomic E-state index is 0.204. The van der Waals surface area contributed by atoms with Gasteiger partial charge in [0.05, 0.1) is 10.6 Å². The standard InChI is InChI=1S/C21H15N3O2S2/c25-19(22-15-8-3-1-4-9-15)20-23-24(16-10-5-2-6-11-16)21(26)18(28-20)14-17-12-7-13-27-17/h1-14H,(H,22,25). The summed E-state index contributed by atoms with van der Waals surface area (Å²) in [6.07, 6.45) is 1.79. The quantitative estimate of drug-likeness (QED) is 0.633. The van der Waals surface area contributed by atoms with Gasteiger partial charge >= 0.3 is 0 Å². The SMILES string of the molecule is O=C(Nc1ccccc1)C1=NN(c2ccccc2)C(=O)C(=Cc2cccs2)S1. The van der Waals surface area contributed by atoms with Crippen LogP contribution in [0.3, 0.4) is 0 Å². The number of anilines is 2. The predicted octanol–water partition coefficient (Wildman–Crippen LogP) is 4.82. The average molecular weight is 406 g/mol. The van der Waals surface area contributed by atoms with Crippen molar-refractivity contribution in [2.24, 2.45) is 5.10 Å². The van der Waals surface area contributed by atoms with Gasteiger partial charge in [0.2, 0.25) is 0 Å². The van der Waals surface area contributed by atoms with Crippen LogP contribution in [-0.4, -0.2) is 16.9 Å². The number of hydrogen-bond donors (Lipinski definition) is 1. The summed E-state index contributed by atoms with van der Waals surface area (Å²) in [5, 5.41) is 10.6. The zero-order valence-corrected chi connectivity index (χ0v) is 16.2. The molecule has 0 spiro atoms. The van der Waals surface area contributed by atoms with Crippen molar-refractivity contribution in [1.82, 2.24) is 0 Å². The third-order valence-corrected chi connectivity index (χ3v) is 5.64. The van der Waals surface area contributed by atoms with E-state index in [1.54, 1.807) is 30.3 Å². The summed E-state index contributed by atoms with van der Waals surface area (Å²) in [4.78, 5) is 27.1. The van der Waals surface area contributed by atoms with Crippen LogP contribution in [0.1, 0.15) is 4.88 Å². The second-order valence-electron chi connectivity index (χ2n) is 5.80. The number of rotatable bonds is 4. The Labute approximate surface area is 170 Å². The van der Waals surface area contributed by atoms with Crippen molar-refractivity contribution in [2.75, 3.05) is 10.3 Å². The summed E-state index contributed by atoms with van der Waals surface area (Å²) in [5.41, 5.74) is 1.28. The lowest BCUT2D eigenvalue weighted by Gasteiger charge is -2.24. The third kappa shape index (κ3) is 4.05. The number of thiophene rings is 1. The van der Waals surface area contributed by atoms with Gasteiger partial charge in [-0.2, -0.15) is 10.1 Å². The average Bonchev–Trinajstić information content (AvgIpc) is 3.24. The van der Waals surface area contributed by atoms with Crippen molar-refractivity contribution in [3.8, 4) is 0 Å². The molecular weight excluding hydrogens is 390 g/mol. The van der Waals surface area contributed by atoms with E-state index in [2.05, 4.69) is 10.4 Å². The number of hydrogen-bond acceptors (Lipinski definition) is 5. The summed E-state index contributed by atoms with van der Waals surface area (Å²) in [7, 11) is 0. The second kappa shape index (κ2) is 8.24. The van der Waals surface area contributed by atoms with Gasteiger partial charge in [0.1, 0.15) is 0 Å². The normalized spacial score (nSPS) is 15.4. The number of amides is 2. The van der Waals surface area contributed by atoms with Gasteiger partial charge in [0.15, 0.2) is 5.04 Å². The first kappa shape index (κ1) is 18.2. The first-order chi connectivity index (χ1) is 13.7. The van der Waals surface area contributed by atoms with Crippen LogP contribution in [0, 0.1) is 0 Å². The molecule has 1 aromatic heterocycles. The lowest BCUT2D eigenvalue weighted by Crippen LogP contribution is -2.35. The molecule has 0 saturated heterocycles. The number of hydrazone groups is 1. The number of carbonyl (C=O) groups is 2. The van der Waals surface area contributed by atoms with E-state index in [1.807, 2.05) is 53.9 Å². The van der Waals surface area contributed by atoms with Crippen LogP contribution >= 0.6 is 23.1 Å². The Morgan fingerprint density at radius 2 is 1.68 bits per heavy atom. The first-order valence-electron chi connectivity index (χ1n) is 8.48. The van der Waals surface area contributed by atoms with E-state index in [4.69, 9.17) is 0 Å². The van der Waals surface area contributed by atoms with Crippen LogP contribution in [0.15, 0.2) is 88.2 Å². The molecule has 1 N–H and O–H groups in total. The Balaban J connectivity index is 1.69. The van der Waals surface area contributed by atoms with Gasteiger partial charge < -0.3 is 5.32 Å². The van der Waals surface area contributed by atoms with E-state index < -0.39 is 0 Å². The Morgan fingerprint density at radius 3 is 2.36 bits per heavy atom. The van der Waals surface area contributed by atoms with Crippen molar-refractivity contribution >= 4 is 57.4 Å². The molecule has 0 fully saturated rings. The van der Waals surface area contributed by atoms with E-state index in [0.717, 1.165) is 16.6 Å². The van der Waals surface area contributed by atoms with Crippen molar-refractivity contribution in [1.29, 1.82) is 0 Å². The molecule has 0 saturated carbocycles. The molecule has 5 nitrogen and oxygen atoms in total. The van der Waals surface area contributed by atoms with Crippen molar-refractivity contribution in [2.45, 2.75) is 0 Å². The minimum atomic E-state index is -0.360. The van der Waals surface area contributed by atoms with Crippen molar-refractivity contribution in [3.63, 3.8) is 0 Å². The minimum Gasteiger partial charge on any atom is -0.320 e. The molecule has 7 heteroatoms. The Kier molecular flexibility index (Phi) is 5.36. The van der Waals surface area contributed by atoms with E-state index in [-0.39, 0.29) is 16.9 Å². The molecule has 2 heterocycles. The number of nitrogens with zero attached hydrogens (tertiary/aromatic N) is 2. The third-order valence-electron chi connectivity index (χ3n) is 3.84. The fourth-order valence-corrected chi connectivity index (χ4v) is 4.11. The predicted molar refractivity (Wildman–Crippen MR) is 116 cm³/mol. The maximum absolute atomic E-state index is 13.0. The first-order valence-corrected chi connectivity index (χ1v) is 10.2. The lowest BCUT2D eigenvalue weighted by atomic mass is 10.3. The van der Waals surface area contributed by atoms with Gasteiger partial charge in [0.25, 0.3) is 11.8 Å². The van der Waals surface area contributed by atoms with Gasteiger partial charge in [-0.3, -0.25) is 9.59 Å². The molecule has 1 aliphatic rings. The van der Waals surface area contributed by atoms with Crippen LogP contribution in [0.4, 0.5) is 11.4 Å². The molecule has 2 aromatic carbocycles. The molecule has 1 aliphatic heterocycles. The highest BCUT2D eigenvalue weighted by Crippen LogP contribution is 2.32. The summed E-state index contributed by atoms with van der Waals surface area (Å²) >= 11 is 2.61. The molecule has 0 radical (unpaired) electrons. The van der Waals surface area contributed by atoms with Gasteiger partial charge in [0, 0.05) is 10.6 Å². The molecular formula is C21H15N3O2S2. The second-order valence-corrected chi connectivity index (χ2v) is 7.81. The fourth-order valence-electron chi connectivity index (χ4n) is 2.54. The Morgan fingerprint density at radius 1 is 0.964 bits per heavy atom.